The molecule has 0 aliphatic carbocycles. The summed E-state index contributed by atoms with van der Waals surface area (Å²) in [7, 11) is 3.93. The van der Waals surface area contributed by atoms with E-state index in [9.17, 15) is 4.79 Å². The number of anilines is 2. The molecule has 2 aromatic heterocycles. The molecule has 2 heterocycles. The number of hydrogen-bond acceptors (Lipinski definition) is 9. The van der Waals surface area contributed by atoms with Crippen LogP contribution in [0.4, 0.5) is 11.5 Å². The lowest BCUT2D eigenvalue weighted by atomic mass is 10.1. The zero-order valence-electron chi connectivity index (χ0n) is 16.0. The highest BCUT2D eigenvalue weighted by Crippen LogP contribution is 2.22. The molecule has 11 heteroatoms. The first-order chi connectivity index (χ1) is 13.4. The van der Waals surface area contributed by atoms with Gasteiger partial charge in [-0.05, 0) is 33.9 Å². The Labute approximate surface area is 161 Å². The average molecular weight is 383 g/mol. The van der Waals surface area contributed by atoms with E-state index in [4.69, 9.17) is 5.73 Å². The summed E-state index contributed by atoms with van der Waals surface area (Å²) >= 11 is 0. The standard InChI is InChI=1S/C17H21N9O2/c1-10(2)14-13(20-24-26(14)16-15(18)22-28-23-16)17(27)21-19-9-11-5-7-12(8-6-11)25(3)4/h5-10H,1-4H3,(H2,18,22)(H,21,27)/b19-9-. The summed E-state index contributed by atoms with van der Waals surface area (Å²) in [5, 5.41) is 19.1. The van der Waals surface area contributed by atoms with Gasteiger partial charge in [-0.2, -0.15) is 9.78 Å². The van der Waals surface area contributed by atoms with Crippen LogP contribution in [0, 0.1) is 0 Å². The van der Waals surface area contributed by atoms with Gasteiger partial charge >= 0.3 is 0 Å². The molecule has 11 nitrogen and oxygen atoms in total. The lowest BCUT2D eigenvalue weighted by molar-refractivity contribution is 0.0948. The molecule has 3 N–H and O–H groups in total. The minimum atomic E-state index is -0.494. The second-order valence-electron chi connectivity index (χ2n) is 6.55. The number of nitrogen functional groups attached to an aromatic ring is 1. The predicted octanol–water partition coefficient (Wildman–Crippen LogP) is 1.19. The van der Waals surface area contributed by atoms with Crippen LogP contribution in [0.15, 0.2) is 34.0 Å². The summed E-state index contributed by atoms with van der Waals surface area (Å²) in [4.78, 5) is 14.5. The van der Waals surface area contributed by atoms with Crippen LogP contribution < -0.4 is 16.1 Å². The van der Waals surface area contributed by atoms with Gasteiger partial charge in [-0.3, -0.25) is 4.79 Å². The summed E-state index contributed by atoms with van der Waals surface area (Å²) < 4.78 is 5.94. The number of rotatable bonds is 6. The van der Waals surface area contributed by atoms with Crippen LogP contribution in [0.25, 0.3) is 5.82 Å². The van der Waals surface area contributed by atoms with E-state index in [1.165, 1.54) is 4.68 Å². The molecule has 0 unspecified atom stereocenters. The van der Waals surface area contributed by atoms with E-state index in [0.717, 1.165) is 11.3 Å². The fourth-order valence-electron chi connectivity index (χ4n) is 2.54. The largest absolute Gasteiger partial charge is 0.378 e. The van der Waals surface area contributed by atoms with Crippen LogP contribution >= 0.6 is 0 Å². The lowest BCUT2D eigenvalue weighted by Gasteiger charge is -2.11. The highest BCUT2D eigenvalue weighted by Gasteiger charge is 2.25. The number of amides is 1. The first-order valence-electron chi connectivity index (χ1n) is 8.53. The maximum atomic E-state index is 12.5. The Bertz CT molecular complexity index is 986. The molecule has 0 aliphatic rings. The van der Waals surface area contributed by atoms with Crippen molar-refractivity contribution in [2.24, 2.45) is 5.10 Å². The summed E-state index contributed by atoms with van der Waals surface area (Å²) in [5.41, 5.74) is 10.7. The summed E-state index contributed by atoms with van der Waals surface area (Å²) in [6.45, 7) is 3.79. The molecule has 0 radical (unpaired) electrons. The molecule has 0 saturated carbocycles. The predicted molar refractivity (Wildman–Crippen MR) is 104 cm³/mol. The monoisotopic (exact) mass is 383 g/mol. The molecule has 1 aromatic carbocycles. The third-order valence-electron chi connectivity index (χ3n) is 3.95. The van der Waals surface area contributed by atoms with E-state index < -0.39 is 5.91 Å². The zero-order chi connectivity index (χ0) is 20.3. The van der Waals surface area contributed by atoms with Crippen molar-refractivity contribution in [3.05, 3.63) is 41.2 Å². The molecule has 3 rings (SSSR count). The number of carbonyl (C=O) groups excluding carboxylic acids is 1. The number of aromatic nitrogens is 5. The molecular weight excluding hydrogens is 362 g/mol. The van der Waals surface area contributed by atoms with E-state index in [1.807, 2.05) is 57.1 Å². The number of nitrogens with one attached hydrogen (secondary N) is 1. The molecule has 28 heavy (non-hydrogen) atoms. The smallest absolute Gasteiger partial charge is 0.293 e. The van der Waals surface area contributed by atoms with Crippen LogP contribution in [0.2, 0.25) is 0 Å². The molecule has 1 amide bonds. The quantitative estimate of drug-likeness (QED) is 0.478. The second-order valence-corrected chi connectivity index (χ2v) is 6.55. The zero-order valence-corrected chi connectivity index (χ0v) is 16.0. The van der Waals surface area contributed by atoms with Gasteiger partial charge in [-0.25, -0.2) is 10.1 Å². The van der Waals surface area contributed by atoms with Crippen molar-refractivity contribution < 1.29 is 9.42 Å². The normalized spacial score (nSPS) is 11.3. The molecular formula is C17H21N9O2. The summed E-state index contributed by atoms with van der Waals surface area (Å²) in [6, 6.07) is 7.73. The van der Waals surface area contributed by atoms with Gasteiger partial charge in [-0.1, -0.05) is 31.2 Å². The van der Waals surface area contributed by atoms with Gasteiger partial charge in [0.05, 0.1) is 11.9 Å². The van der Waals surface area contributed by atoms with Crippen molar-refractivity contribution in [1.82, 2.24) is 30.7 Å². The molecule has 0 spiro atoms. The first kappa shape index (κ1) is 19.0. The number of nitrogens with zero attached hydrogens (tertiary/aromatic N) is 7. The molecule has 146 valence electrons. The van der Waals surface area contributed by atoms with E-state index >= 15 is 0 Å². The molecule has 0 aliphatic heterocycles. The van der Waals surface area contributed by atoms with Crippen molar-refractivity contribution in [3.63, 3.8) is 0 Å². The SMILES string of the molecule is CC(C)c1c(C(=O)N/N=C\c2ccc(N(C)C)cc2)nnn1-c1nonc1N. The fourth-order valence-corrected chi connectivity index (χ4v) is 2.54. The number of hydrogen-bond donors (Lipinski definition) is 2. The Morgan fingerprint density at radius 3 is 2.57 bits per heavy atom. The van der Waals surface area contributed by atoms with Gasteiger partial charge in [0.2, 0.25) is 11.6 Å². The third kappa shape index (κ3) is 3.82. The topological polar surface area (TPSA) is 140 Å². The van der Waals surface area contributed by atoms with Crippen LogP contribution in [0.3, 0.4) is 0 Å². The second kappa shape index (κ2) is 7.86. The van der Waals surface area contributed by atoms with Gasteiger partial charge in [-0.15, -0.1) is 5.10 Å². The Kier molecular flexibility index (Phi) is 5.34. The van der Waals surface area contributed by atoms with Gasteiger partial charge in [0, 0.05) is 19.8 Å². The van der Waals surface area contributed by atoms with Crippen molar-refractivity contribution in [2.75, 3.05) is 24.7 Å². The minimum Gasteiger partial charge on any atom is -0.378 e. The van der Waals surface area contributed by atoms with Crippen molar-refractivity contribution in [1.29, 1.82) is 0 Å². The number of hydrazone groups is 1. The number of carbonyl (C=O) groups is 1. The lowest BCUT2D eigenvalue weighted by Crippen LogP contribution is -2.21. The van der Waals surface area contributed by atoms with Crippen molar-refractivity contribution in [2.45, 2.75) is 19.8 Å². The third-order valence-corrected chi connectivity index (χ3v) is 3.95. The molecule has 0 atom stereocenters. The fraction of sp³-hybridized carbons (Fsp3) is 0.294. The molecule has 3 aromatic rings. The molecule has 0 saturated heterocycles. The average Bonchev–Trinajstić information content (AvgIpc) is 3.27. The number of nitrogens with two attached hydrogens (primary N) is 1. The van der Waals surface area contributed by atoms with Crippen molar-refractivity contribution in [3.8, 4) is 5.82 Å². The van der Waals surface area contributed by atoms with Gasteiger partial charge < -0.3 is 10.6 Å². The Morgan fingerprint density at radius 1 is 1.29 bits per heavy atom. The highest BCUT2D eigenvalue weighted by molar-refractivity contribution is 5.94. The minimum absolute atomic E-state index is 0.0537. The van der Waals surface area contributed by atoms with E-state index in [2.05, 4.69) is 35.8 Å². The Hall–Kier alpha value is -3.76. The van der Waals surface area contributed by atoms with Crippen LogP contribution in [-0.2, 0) is 0 Å². The maximum Gasteiger partial charge on any atom is 0.293 e. The van der Waals surface area contributed by atoms with Gasteiger partial charge in [0.1, 0.15) is 0 Å². The molecule has 0 fully saturated rings. The van der Waals surface area contributed by atoms with Crippen molar-refractivity contribution >= 4 is 23.6 Å². The number of benzene rings is 1. The summed E-state index contributed by atoms with van der Waals surface area (Å²) in [5.74, 6) is -0.349. The van der Waals surface area contributed by atoms with E-state index in [1.54, 1.807) is 6.21 Å². The highest BCUT2D eigenvalue weighted by atomic mass is 16.6. The first-order valence-corrected chi connectivity index (χ1v) is 8.53. The Balaban J connectivity index is 1.77. The van der Waals surface area contributed by atoms with E-state index in [-0.39, 0.29) is 23.2 Å². The molecule has 0 bridgehead atoms. The van der Waals surface area contributed by atoms with Crippen LogP contribution in [0.1, 0.15) is 41.5 Å². The van der Waals surface area contributed by atoms with Gasteiger partial charge in [0.15, 0.2) is 5.69 Å². The van der Waals surface area contributed by atoms with E-state index in [0.29, 0.717) is 5.69 Å². The van der Waals surface area contributed by atoms with Crippen LogP contribution in [-0.4, -0.2) is 51.5 Å². The summed E-state index contributed by atoms with van der Waals surface area (Å²) in [6.07, 6.45) is 1.55. The van der Waals surface area contributed by atoms with Gasteiger partial charge in [0.25, 0.3) is 5.91 Å². The maximum absolute atomic E-state index is 12.5. The Morgan fingerprint density at radius 2 is 2.00 bits per heavy atom. The van der Waals surface area contributed by atoms with Crippen LogP contribution in [0.5, 0.6) is 0 Å².